The molecule has 1 N–H and O–H groups in total. The van der Waals surface area contributed by atoms with Crippen molar-refractivity contribution in [2.24, 2.45) is 0 Å². The standard InChI is InChI=1S/C18H20N2O3S/c1-4-13-20(3)18(21)16-7-5-6-8-17(16)19-24(22,23)15-11-9-14(2)10-12-15/h4-12,19H,1,13H2,2-3H3. The molecule has 0 aromatic heterocycles. The Morgan fingerprint density at radius 2 is 1.79 bits per heavy atom. The summed E-state index contributed by atoms with van der Waals surface area (Å²) in [4.78, 5) is 14.1. The highest BCUT2D eigenvalue weighted by Crippen LogP contribution is 2.21. The summed E-state index contributed by atoms with van der Waals surface area (Å²) in [5.41, 5.74) is 1.51. The molecule has 0 saturated carbocycles. The van der Waals surface area contributed by atoms with Gasteiger partial charge in [0.15, 0.2) is 0 Å². The second kappa shape index (κ2) is 7.31. The van der Waals surface area contributed by atoms with Gasteiger partial charge in [0.05, 0.1) is 16.1 Å². The minimum atomic E-state index is -3.76. The van der Waals surface area contributed by atoms with Gasteiger partial charge in [-0.25, -0.2) is 8.42 Å². The number of hydrogen-bond acceptors (Lipinski definition) is 3. The van der Waals surface area contributed by atoms with Crippen LogP contribution in [0.2, 0.25) is 0 Å². The van der Waals surface area contributed by atoms with Gasteiger partial charge in [-0.1, -0.05) is 35.9 Å². The van der Waals surface area contributed by atoms with E-state index in [1.807, 2.05) is 6.92 Å². The highest BCUT2D eigenvalue weighted by Gasteiger charge is 2.20. The number of nitrogens with zero attached hydrogens (tertiary/aromatic N) is 1. The van der Waals surface area contributed by atoms with Crippen molar-refractivity contribution in [2.75, 3.05) is 18.3 Å². The molecule has 0 unspecified atom stereocenters. The monoisotopic (exact) mass is 344 g/mol. The van der Waals surface area contributed by atoms with Gasteiger partial charge < -0.3 is 4.90 Å². The van der Waals surface area contributed by atoms with E-state index in [2.05, 4.69) is 11.3 Å². The summed E-state index contributed by atoms with van der Waals surface area (Å²) in [5.74, 6) is -0.280. The molecule has 2 aromatic carbocycles. The molecule has 0 spiro atoms. The van der Waals surface area contributed by atoms with Crippen molar-refractivity contribution in [1.82, 2.24) is 4.90 Å². The Morgan fingerprint density at radius 1 is 1.17 bits per heavy atom. The number of aryl methyl sites for hydroxylation is 1. The lowest BCUT2D eigenvalue weighted by Crippen LogP contribution is -2.28. The topological polar surface area (TPSA) is 66.5 Å². The average Bonchev–Trinajstić information content (AvgIpc) is 2.55. The maximum absolute atomic E-state index is 12.5. The van der Waals surface area contributed by atoms with Crippen molar-refractivity contribution in [3.8, 4) is 0 Å². The summed E-state index contributed by atoms with van der Waals surface area (Å²) in [5, 5.41) is 0. The van der Waals surface area contributed by atoms with E-state index in [9.17, 15) is 13.2 Å². The van der Waals surface area contributed by atoms with E-state index in [4.69, 9.17) is 0 Å². The van der Waals surface area contributed by atoms with E-state index in [1.165, 1.54) is 17.0 Å². The zero-order valence-corrected chi connectivity index (χ0v) is 14.5. The Kier molecular flexibility index (Phi) is 5.41. The first kappa shape index (κ1) is 17.7. The first-order chi connectivity index (χ1) is 11.3. The molecule has 6 heteroatoms. The third-order valence-corrected chi connectivity index (χ3v) is 4.86. The van der Waals surface area contributed by atoms with Gasteiger partial charge in [-0.15, -0.1) is 6.58 Å². The van der Waals surface area contributed by atoms with Crippen LogP contribution in [0, 0.1) is 6.92 Å². The predicted octanol–water partition coefficient (Wildman–Crippen LogP) is 3.05. The van der Waals surface area contributed by atoms with Crippen LogP contribution in [0.15, 0.2) is 66.1 Å². The number of anilines is 1. The summed E-state index contributed by atoms with van der Waals surface area (Å²) in [6.07, 6.45) is 1.61. The number of nitrogens with one attached hydrogen (secondary N) is 1. The molecule has 0 aliphatic heterocycles. The number of carbonyl (C=O) groups is 1. The van der Waals surface area contributed by atoms with Crippen molar-refractivity contribution in [2.45, 2.75) is 11.8 Å². The van der Waals surface area contributed by atoms with Crippen LogP contribution in [-0.2, 0) is 10.0 Å². The quantitative estimate of drug-likeness (QED) is 0.819. The molecule has 126 valence electrons. The summed E-state index contributed by atoms with van der Waals surface area (Å²) < 4.78 is 27.6. The molecule has 5 nitrogen and oxygen atoms in total. The van der Waals surface area contributed by atoms with Gasteiger partial charge in [-0.2, -0.15) is 0 Å². The highest BCUT2D eigenvalue weighted by atomic mass is 32.2. The largest absolute Gasteiger partial charge is 0.338 e. The van der Waals surface area contributed by atoms with E-state index < -0.39 is 10.0 Å². The van der Waals surface area contributed by atoms with Gasteiger partial charge in [0.25, 0.3) is 15.9 Å². The Hall–Kier alpha value is -2.60. The first-order valence-electron chi connectivity index (χ1n) is 7.40. The zero-order valence-electron chi connectivity index (χ0n) is 13.7. The van der Waals surface area contributed by atoms with Crippen molar-refractivity contribution >= 4 is 21.6 Å². The second-order valence-corrected chi connectivity index (χ2v) is 7.12. The summed E-state index contributed by atoms with van der Waals surface area (Å²) in [6.45, 7) is 5.85. The molecule has 2 rings (SSSR count). The van der Waals surface area contributed by atoms with Crippen LogP contribution in [-0.4, -0.2) is 32.8 Å². The molecular weight excluding hydrogens is 324 g/mol. The molecule has 0 atom stereocenters. The third-order valence-electron chi connectivity index (χ3n) is 3.48. The third kappa shape index (κ3) is 4.02. The van der Waals surface area contributed by atoms with Crippen LogP contribution in [0.1, 0.15) is 15.9 Å². The molecule has 1 amide bonds. The van der Waals surface area contributed by atoms with E-state index >= 15 is 0 Å². The van der Waals surface area contributed by atoms with Gasteiger partial charge in [0, 0.05) is 13.6 Å². The fraction of sp³-hybridized carbons (Fsp3) is 0.167. The zero-order chi connectivity index (χ0) is 17.7. The Balaban J connectivity index is 2.35. The molecule has 2 aromatic rings. The van der Waals surface area contributed by atoms with Crippen molar-refractivity contribution in [1.29, 1.82) is 0 Å². The molecule has 0 aliphatic rings. The van der Waals surface area contributed by atoms with Gasteiger partial charge in [0.1, 0.15) is 0 Å². The summed E-state index contributed by atoms with van der Waals surface area (Å²) >= 11 is 0. The van der Waals surface area contributed by atoms with E-state index in [0.717, 1.165) is 5.56 Å². The number of benzene rings is 2. The fourth-order valence-corrected chi connectivity index (χ4v) is 3.24. The SMILES string of the molecule is C=CCN(C)C(=O)c1ccccc1NS(=O)(=O)c1ccc(C)cc1. The highest BCUT2D eigenvalue weighted by molar-refractivity contribution is 7.92. The van der Waals surface area contributed by atoms with Crippen molar-refractivity contribution in [3.05, 3.63) is 72.3 Å². The van der Waals surface area contributed by atoms with Crippen molar-refractivity contribution in [3.63, 3.8) is 0 Å². The number of sulfonamides is 1. The van der Waals surface area contributed by atoms with Gasteiger partial charge in [0.2, 0.25) is 0 Å². The summed E-state index contributed by atoms with van der Waals surface area (Å²) in [6, 6.07) is 13.1. The van der Waals surface area contributed by atoms with Gasteiger partial charge in [-0.05, 0) is 31.2 Å². The number of rotatable bonds is 6. The van der Waals surface area contributed by atoms with Crippen LogP contribution in [0.5, 0.6) is 0 Å². The molecule has 0 bridgehead atoms. The van der Waals surface area contributed by atoms with Crippen LogP contribution >= 0.6 is 0 Å². The predicted molar refractivity (Wildman–Crippen MR) is 95.6 cm³/mol. The van der Waals surface area contributed by atoms with Crippen LogP contribution < -0.4 is 4.72 Å². The molecular formula is C18H20N2O3S. The Morgan fingerprint density at radius 3 is 2.42 bits per heavy atom. The average molecular weight is 344 g/mol. The fourth-order valence-electron chi connectivity index (χ4n) is 2.16. The molecule has 0 fully saturated rings. The maximum atomic E-state index is 12.5. The van der Waals surface area contributed by atoms with Crippen LogP contribution in [0.4, 0.5) is 5.69 Å². The lowest BCUT2D eigenvalue weighted by atomic mass is 10.1. The number of carbonyl (C=O) groups excluding carboxylic acids is 1. The number of para-hydroxylation sites is 1. The smallest absolute Gasteiger partial charge is 0.261 e. The maximum Gasteiger partial charge on any atom is 0.261 e. The minimum Gasteiger partial charge on any atom is -0.338 e. The first-order valence-corrected chi connectivity index (χ1v) is 8.88. The molecule has 24 heavy (non-hydrogen) atoms. The minimum absolute atomic E-state index is 0.148. The number of amides is 1. The second-order valence-electron chi connectivity index (χ2n) is 5.44. The van der Waals surface area contributed by atoms with E-state index in [0.29, 0.717) is 6.54 Å². The van der Waals surface area contributed by atoms with Gasteiger partial charge in [-0.3, -0.25) is 9.52 Å². The number of hydrogen-bond donors (Lipinski definition) is 1. The Bertz CT molecular complexity index is 843. The lowest BCUT2D eigenvalue weighted by Gasteiger charge is -2.18. The summed E-state index contributed by atoms with van der Waals surface area (Å²) in [7, 11) is -2.13. The van der Waals surface area contributed by atoms with Crippen LogP contribution in [0.25, 0.3) is 0 Å². The number of likely N-dealkylation sites (N-methyl/N-ethyl adjacent to an activating group) is 1. The molecule has 0 aliphatic carbocycles. The molecule has 0 heterocycles. The van der Waals surface area contributed by atoms with Crippen LogP contribution in [0.3, 0.4) is 0 Å². The van der Waals surface area contributed by atoms with Crippen molar-refractivity contribution < 1.29 is 13.2 Å². The normalized spacial score (nSPS) is 10.9. The molecule has 0 radical (unpaired) electrons. The molecule has 0 saturated heterocycles. The van der Waals surface area contributed by atoms with E-state index in [1.54, 1.807) is 49.5 Å². The lowest BCUT2D eigenvalue weighted by molar-refractivity contribution is 0.0811. The van der Waals surface area contributed by atoms with Gasteiger partial charge >= 0.3 is 0 Å². The van der Waals surface area contributed by atoms with E-state index in [-0.39, 0.29) is 22.1 Å². The Labute approximate surface area is 142 Å².